The molecule has 0 fully saturated rings. The number of rotatable bonds is 4. The first-order chi connectivity index (χ1) is 7.75. The summed E-state index contributed by atoms with van der Waals surface area (Å²) < 4.78 is 0. The lowest BCUT2D eigenvalue weighted by molar-refractivity contribution is 0.677. The van der Waals surface area contributed by atoms with E-state index in [1.54, 1.807) is 11.1 Å². The van der Waals surface area contributed by atoms with Crippen molar-refractivity contribution in [3.05, 3.63) is 41.0 Å². The zero-order valence-corrected chi connectivity index (χ0v) is 10.1. The van der Waals surface area contributed by atoms with Crippen LogP contribution in [0.2, 0.25) is 0 Å². The first-order valence-corrected chi connectivity index (χ1v) is 6.29. The molecule has 1 atom stereocenters. The van der Waals surface area contributed by atoms with Crippen molar-refractivity contribution >= 4 is 6.08 Å². The minimum absolute atomic E-state index is 0.310. The Hall–Kier alpha value is -1.08. The van der Waals surface area contributed by atoms with Gasteiger partial charge in [-0.15, -0.1) is 0 Å². The molecule has 0 aromatic heterocycles. The van der Waals surface area contributed by atoms with Crippen molar-refractivity contribution in [1.29, 1.82) is 0 Å². The molecule has 0 bridgehead atoms. The first kappa shape index (κ1) is 11.4. The second kappa shape index (κ2) is 5.31. The summed E-state index contributed by atoms with van der Waals surface area (Å²) in [5.41, 5.74) is 10.1. The summed E-state index contributed by atoms with van der Waals surface area (Å²) in [6.45, 7) is 2.06. The molecule has 0 aliphatic heterocycles. The molecule has 0 saturated heterocycles. The maximum atomic E-state index is 5.71. The normalized spacial score (nSPS) is 16.6. The molecule has 1 aliphatic carbocycles. The topological polar surface area (TPSA) is 26.0 Å². The molecule has 1 heteroatoms. The van der Waals surface area contributed by atoms with E-state index in [-0.39, 0.29) is 0 Å². The smallest absolute Gasteiger partial charge is 0.00134 e. The number of hydrogen-bond acceptors (Lipinski definition) is 1. The molecule has 0 radical (unpaired) electrons. The van der Waals surface area contributed by atoms with Gasteiger partial charge in [0.15, 0.2) is 0 Å². The maximum absolute atomic E-state index is 5.71. The molecule has 1 aromatic rings. The quantitative estimate of drug-likeness (QED) is 0.819. The Labute approximate surface area is 98.4 Å². The van der Waals surface area contributed by atoms with Gasteiger partial charge in [-0.25, -0.2) is 0 Å². The van der Waals surface area contributed by atoms with Crippen molar-refractivity contribution in [3.8, 4) is 0 Å². The second-order valence-corrected chi connectivity index (χ2v) is 4.84. The van der Waals surface area contributed by atoms with Gasteiger partial charge in [-0.2, -0.15) is 0 Å². The third-order valence-corrected chi connectivity index (χ3v) is 3.22. The van der Waals surface area contributed by atoms with Crippen molar-refractivity contribution in [3.63, 3.8) is 0 Å². The Morgan fingerprint density at radius 3 is 2.94 bits per heavy atom. The molecule has 0 amide bonds. The second-order valence-electron chi connectivity index (χ2n) is 4.84. The van der Waals surface area contributed by atoms with Crippen LogP contribution in [-0.2, 0) is 12.8 Å². The lowest BCUT2D eigenvalue weighted by Crippen LogP contribution is -2.13. The highest BCUT2D eigenvalue weighted by Gasteiger charge is 2.09. The summed E-state index contributed by atoms with van der Waals surface area (Å²) in [4.78, 5) is 0. The largest absolute Gasteiger partial charge is 0.328 e. The predicted molar refractivity (Wildman–Crippen MR) is 70.4 cm³/mol. The van der Waals surface area contributed by atoms with Crippen molar-refractivity contribution in [2.24, 2.45) is 5.73 Å². The van der Waals surface area contributed by atoms with Gasteiger partial charge in [0.05, 0.1) is 0 Å². The van der Waals surface area contributed by atoms with Crippen LogP contribution in [0.15, 0.2) is 24.3 Å². The highest BCUT2D eigenvalue weighted by molar-refractivity contribution is 5.52. The summed E-state index contributed by atoms with van der Waals surface area (Å²) in [6, 6.07) is 7.16. The minimum Gasteiger partial charge on any atom is -0.328 e. The Morgan fingerprint density at radius 2 is 2.12 bits per heavy atom. The number of allylic oxidation sites excluding steroid dienone is 1. The van der Waals surface area contributed by atoms with E-state index in [0.29, 0.717) is 6.04 Å². The fourth-order valence-corrected chi connectivity index (χ4v) is 2.27. The lowest BCUT2D eigenvalue weighted by atomic mass is 10.1. The van der Waals surface area contributed by atoms with Gasteiger partial charge in [0.2, 0.25) is 0 Å². The molecule has 1 nitrogen and oxygen atoms in total. The van der Waals surface area contributed by atoms with Gasteiger partial charge >= 0.3 is 0 Å². The Bertz CT molecular complexity index is 377. The first-order valence-electron chi connectivity index (χ1n) is 6.29. The third-order valence-electron chi connectivity index (χ3n) is 3.22. The van der Waals surface area contributed by atoms with Gasteiger partial charge in [-0.1, -0.05) is 30.4 Å². The molecule has 0 heterocycles. The van der Waals surface area contributed by atoms with E-state index in [2.05, 4.69) is 37.3 Å². The van der Waals surface area contributed by atoms with Gasteiger partial charge in [0.1, 0.15) is 0 Å². The maximum Gasteiger partial charge on any atom is 0.00134 e. The van der Waals surface area contributed by atoms with E-state index in [1.807, 2.05) is 0 Å². The zero-order chi connectivity index (χ0) is 11.4. The van der Waals surface area contributed by atoms with Crippen LogP contribution in [0.25, 0.3) is 6.08 Å². The molecule has 86 valence electrons. The summed E-state index contributed by atoms with van der Waals surface area (Å²) >= 11 is 0. The highest BCUT2D eigenvalue weighted by atomic mass is 14.6. The van der Waals surface area contributed by atoms with Crippen molar-refractivity contribution in [1.82, 2.24) is 0 Å². The zero-order valence-electron chi connectivity index (χ0n) is 10.1. The third kappa shape index (κ3) is 2.96. The van der Waals surface area contributed by atoms with Crippen molar-refractivity contribution in [2.45, 2.75) is 45.1 Å². The number of aryl methyl sites for hydroxylation is 2. The molecule has 0 saturated carbocycles. The van der Waals surface area contributed by atoms with Gasteiger partial charge in [-0.05, 0) is 55.7 Å². The van der Waals surface area contributed by atoms with Crippen molar-refractivity contribution < 1.29 is 0 Å². The average molecular weight is 215 g/mol. The Kier molecular flexibility index (Phi) is 3.79. The molecule has 16 heavy (non-hydrogen) atoms. The Balaban J connectivity index is 1.94. The van der Waals surface area contributed by atoms with Crippen LogP contribution in [0.5, 0.6) is 0 Å². The van der Waals surface area contributed by atoms with E-state index in [0.717, 1.165) is 12.8 Å². The average Bonchev–Trinajstić information content (AvgIpc) is 2.71. The molecular formula is C15H21N. The van der Waals surface area contributed by atoms with Crippen LogP contribution in [0.1, 0.15) is 42.9 Å². The van der Waals surface area contributed by atoms with Crippen LogP contribution >= 0.6 is 0 Å². The fraction of sp³-hybridized carbons (Fsp3) is 0.467. The molecule has 1 aromatic carbocycles. The lowest BCUT2D eigenvalue weighted by Gasteiger charge is -2.02. The summed E-state index contributed by atoms with van der Waals surface area (Å²) in [6.07, 6.45) is 10.5. The molecule has 1 unspecified atom stereocenters. The summed E-state index contributed by atoms with van der Waals surface area (Å²) in [7, 11) is 0. The van der Waals surface area contributed by atoms with Crippen LogP contribution in [0.3, 0.4) is 0 Å². The molecule has 1 aliphatic rings. The standard InChI is InChI=1S/C15H21N/c1-12(16)5-2-3-6-13-9-10-14-7-4-8-15(14)11-13/h3,6,9-12H,2,4-5,7-8,16H2,1H3/b6-3+. The van der Waals surface area contributed by atoms with Gasteiger partial charge in [0, 0.05) is 6.04 Å². The fourth-order valence-electron chi connectivity index (χ4n) is 2.27. The van der Waals surface area contributed by atoms with E-state index < -0.39 is 0 Å². The van der Waals surface area contributed by atoms with Crippen LogP contribution in [0, 0.1) is 0 Å². The summed E-state index contributed by atoms with van der Waals surface area (Å²) in [5, 5.41) is 0. The Morgan fingerprint density at radius 1 is 1.31 bits per heavy atom. The monoisotopic (exact) mass is 215 g/mol. The van der Waals surface area contributed by atoms with Gasteiger partial charge in [-0.3, -0.25) is 0 Å². The number of benzene rings is 1. The number of hydrogen-bond donors (Lipinski definition) is 1. The van der Waals surface area contributed by atoms with E-state index in [1.165, 1.54) is 24.8 Å². The molecular weight excluding hydrogens is 194 g/mol. The number of fused-ring (bicyclic) bond motifs is 1. The van der Waals surface area contributed by atoms with Gasteiger partial charge in [0.25, 0.3) is 0 Å². The highest BCUT2D eigenvalue weighted by Crippen LogP contribution is 2.23. The van der Waals surface area contributed by atoms with E-state index in [9.17, 15) is 0 Å². The number of nitrogens with two attached hydrogens (primary N) is 1. The SMILES string of the molecule is CC(N)CC/C=C/c1ccc2c(c1)CCC2. The van der Waals surface area contributed by atoms with Crippen LogP contribution in [-0.4, -0.2) is 6.04 Å². The molecule has 0 spiro atoms. The van der Waals surface area contributed by atoms with E-state index >= 15 is 0 Å². The van der Waals surface area contributed by atoms with Crippen LogP contribution < -0.4 is 5.73 Å². The molecule has 2 rings (SSSR count). The van der Waals surface area contributed by atoms with E-state index in [4.69, 9.17) is 5.73 Å². The predicted octanol–water partition coefficient (Wildman–Crippen LogP) is 3.32. The van der Waals surface area contributed by atoms with Crippen molar-refractivity contribution in [2.75, 3.05) is 0 Å². The van der Waals surface area contributed by atoms with Gasteiger partial charge < -0.3 is 5.73 Å². The minimum atomic E-state index is 0.310. The van der Waals surface area contributed by atoms with Crippen LogP contribution in [0.4, 0.5) is 0 Å². The summed E-state index contributed by atoms with van der Waals surface area (Å²) in [5.74, 6) is 0. The molecule has 2 N–H and O–H groups in total.